The number of rotatable bonds is 6. The first-order valence-corrected chi connectivity index (χ1v) is 7.34. The summed E-state index contributed by atoms with van der Waals surface area (Å²) >= 11 is 0. The molecule has 1 aromatic heterocycles. The van der Waals surface area contributed by atoms with E-state index in [2.05, 4.69) is 20.8 Å². The quantitative estimate of drug-likeness (QED) is 0.758. The molecular weight excluding hydrogens is 280 g/mol. The fraction of sp³-hybridized carbons (Fsp3) is 0.312. The SMILES string of the molecule is O=C(Nc1ccccc1)c1ccc(NCC(O)C2CC2)nn1. The van der Waals surface area contributed by atoms with Crippen LogP contribution < -0.4 is 10.6 Å². The van der Waals surface area contributed by atoms with Gasteiger partial charge in [0.05, 0.1) is 6.10 Å². The van der Waals surface area contributed by atoms with E-state index in [1.54, 1.807) is 24.3 Å². The zero-order valence-corrected chi connectivity index (χ0v) is 12.1. The fourth-order valence-corrected chi connectivity index (χ4v) is 2.12. The van der Waals surface area contributed by atoms with E-state index in [-0.39, 0.29) is 17.7 Å². The summed E-state index contributed by atoms with van der Waals surface area (Å²) in [6, 6.07) is 12.5. The third-order valence-corrected chi connectivity index (χ3v) is 3.59. The maximum atomic E-state index is 12.0. The number of hydrogen-bond donors (Lipinski definition) is 3. The molecule has 0 bridgehead atoms. The summed E-state index contributed by atoms with van der Waals surface area (Å²) < 4.78 is 0. The average Bonchev–Trinajstić information content (AvgIpc) is 3.39. The van der Waals surface area contributed by atoms with E-state index in [1.807, 2.05) is 18.2 Å². The highest BCUT2D eigenvalue weighted by atomic mass is 16.3. The van der Waals surface area contributed by atoms with Crippen LogP contribution in [-0.4, -0.2) is 33.9 Å². The van der Waals surface area contributed by atoms with Crippen LogP contribution >= 0.6 is 0 Å². The molecule has 1 aromatic carbocycles. The standard InChI is InChI=1S/C16H18N4O2/c21-14(11-6-7-11)10-17-15-9-8-13(19-20-15)16(22)18-12-4-2-1-3-5-12/h1-5,8-9,11,14,21H,6-7,10H2,(H,17,20)(H,18,22). The van der Waals surface area contributed by atoms with E-state index in [4.69, 9.17) is 0 Å². The first-order valence-electron chi connectivity index (χ1n) is 7.34. The molecule has 3 rings (SSSR count). The molecule has 3 N–H and O–H groups in total. The molecule has 1 heterocycles. The van der Waals surface area contributed by atoms with Crippen LogP contribution in [-0.2, 0) is 0 Å². The molecule has 2 aromatic rings. The smallest absolute Gasteiger partial charge is 0.276 e. The number of hydrogen-bond acceptors (Lipinski definition) is 5. The molecule has 114 valence electrons. The van der Waals surface area contributed by atoms with Crippen LogP contribution in [0.15, 0.2) is 42.5 Å². The van der Waals surface area contributed by atoms with Gasteiger partial charge in [-0.25, -0.2) is 0 Å². The molecule has 1 saturated carbocycles. The number of nitrogens with one attached hydrogen (secondary N) is 2. The lowest BCUT2D eigenvalue weighted by Gasteiger charge is -2.10. The van der Waals surface area contributed by atoms with Crippen molar-refractivity contribution in [2.24, 2.45) is 5.92 Å². The highest BCUT2D eigenvalue weighted by molar-refractivity contribution is 6.02. The van der Waals surface area contributed by atoms with Gasteiger partial charge >= 0.3 is 0 Å². The van der Waals surface area contributed by atoms with Crippen LogP contribution in [0.1, 0.15) is 23.3 Å². The Labute approximate surface area is 128 Å². The van der Waals surface area contributed by atoms with E-state index in [9.17, 15) is 9.90 Å². The van der Waals surface area contributed by atoms with Gasteiger partial charge in [0, 0.05) is 12.2 Å². The van der Waals surface area contributed by atoms with Crippen molar-refractivity contribution in [1.82, 2.24) is 10.2 Å². The minimum Gasteiger partial charge on any atom is -0.391 e. The summed E-state index contributed by atoms with van der Waals surface area (Å²) in [6.45, 7) is 0.453. The van der Waals surface area contributed by atoms with E-state index < -0.39 is 0 Å². The zero-order chi connectivity index (χ0) is 15.4. The Balaban J connectivity index is 1.55. The Morgan fingerprint density at radius 1 is 1.18 bits per heavy atom. The molecule has 0 aliphatic heterocycles. The van der Waals surface area contributed by atoms with Gasteiger partial charge in [-0.3, -0.25) is 4.79 Å². The topological polar surface area (TPSA) is 87.1 Å². The van der Waals surface area contributed by atoms with Crippen molar-refractivity contribution >= 4 is 17.4 Å². The molecule has 6 nitrogen and oxygen atoms in total. The van der Waals surface area contributed by atoms with Crippen LogP contribution in [0.4, 0.5) is 11.5 Å². The third kappa shape index (κ3) is 3.79. The van der Waals surface area contributed by atoms with Gasteiger partial charge < -0.3 is 15.7 Å². The van der Waals surface area contributed by atoms with E-state index in [1.165, 1.54) is 0 Å². The predicted octanol–water partition coefficient (Wildman–Crippen LogP) is 1.91. The lowest BCUT2D eigenvalue weighted by atomic mass is 10.2. The Hall–Kier alpha value is -2.47. The van der Waals surface area contributed by atoms with Gasteiger partial charge in [-0.1, -0.05) is 18.2 Å². The Morgan fingerprint density at radius 3 is 2.59 bits per heavy atom. The molecule has 6 heteroatoms. The zero-order valence-electron chi connectivity index (χ0n) is 12.1. The molecule has 1 unspecified atom stereocenters. The summed E-state index contributed by atoms with van der Waals surface area (Å²) in [4.78, 5) is 12.0. The van der Waals surface area contributed by atoms with E-state index in [0.29, 0.717) is 24.0 Å². The second kappa shape index (κ2) is 6.53. The van der Waals surface area contributed by atoms with Crippen molar-refractivity contribution in [3.63, 3.8) is 0 Å². The number of para-hydroxylation sites is 1. The number of anilines is 2. The average molecular weight is 298 g/mol. The number of carbonyl (C=O) groups excluding carboxylic acids is 1. The first kappa shape index (κ1) is 14.5. The van der Waals surface area contributed by atoms with E-state index in [0.717, 1.165) is 12.8 Å². The Bertz CT molecular complexity index is 626. The van der Waals surface area contributed by atoms with Gasteiger partial charge in [-0.05, 0) is 43.0 Å². The lowest BCUT2D eigenvalue weighted by Crippen LogP contribution is -2.22. The van der Waals surface area contributed by atoms with Crippen molar-refractivity contribution in [3.05, 3.63) is 48.2 Å². The van der Waals surface area contributed by atoms with Crippen molar-refractivity contribution in [1.29, 1.82) is 0 Å². The van der Waals surface area contributed by atoms with Crippen LogP contribution in [0.25, 0.3) is 0 Å². The van der Waals surface area contributed by atoms with Crippen LogP contribution in [0.5, 0.6) is 0 Å². The molecular formula is C16H18N4O2. The Kier molecular flexibility index (Phi) is 4.29. The van der Waals surface area contributed by atoms with Crippen molar-refractivity contribution in [2.45, 2.75) is 18.9 Å². The highest BCUT2D eigenvalue weighted by Crippen LogP contribution is 2.32. The number of nitrogens with zero attached hydrogens (tertiary/aromatic N) is 2. The largest absolute Gasteiger partial charge is 0.391 e. The van der Waals surface area contributed by atoms with Crippen molar-refractivity contribution < 1.29 is 9.90 Å². The summed E-state index contributed by atoms with van der Waals surface area (Å²) in [5.41, 5.74) is 0.959. The van der Waals surface area contributed by atoms with Crippen molar-refractivity contribution in [2.75, 3.05) is 17.2 Å². The third-order valence-electron chi connectivity index (χ3n) is 3.59. The van der Waals surface area contributed by atoms with Gasteiger partial charge in [0.1, 0.15) is 5.82 Å². The molecule has 1 atom stereocenters. The summed E-state index contributed by atoms with van der Waals surface area (Å²) in [6.07, 6.45) is 1.84. The van der Waals surface area contributed by atoms with Gasteiger partial charge in [-0.15, -0.1) is 10.2 Å². The maximum Gasteiger partial charge on any atom is 0.276 e. The number of aromatic nitrogens is 2. The van der Waals surface area contributed by atoms with Crippen molar-refractivity contribution in [3.8, 4) is 0 Å². The molecule has 1 fully saturated rings. The first-order chi connectivity index (χ1) is 10.7. The normalized spacial score (nSPS) is 15.1. The van der Waals surface area contributed by atoms with Gasteiger partial charge in [0.2, 0.25) is 0 Å². The minimum atomic E-state index is -0.345. The van der Waals surface area contributed by atoms with Crippen LogP contribution in [0.2, 0.25) is 0 Å². The van der Waals surface area contributed by atoms with Crippen LogP contribution in [0, 0.1) is 5.92 Å². The number of aliphatic hydroxyl groups excluding tert-OH is 1. The molecule has 0 spiro atoms. The monoisotopic (exact) mass is 298 g/mol. The van der Waals surface area contributed by atoms with Gasteiger partial charge in [0.15, 0.2) is 5.69 Å². The van der Waals surface area contributed by atoms with Gasteiger partial charge in [-0.2, -0.15) is 0 Å². The summed E-state index contributed by atoms with van der Waals surface area (Å²) in [5.74, 6) is 0.663. The van der Waals surface area contributed by atoms with Gasteiger partial charge in [0.25, 0.3) is 5.91 Å². The van der Waals surface area contributed by atoms with Crippen LogP contribution in [0.3, 0.4) is 0 Å². The molecule has 1 amide bonds. The molecule has 0 saturated heterocycles. The number of amides is 1. The minimum absolute atomic E-state index is 0.247. The highest BCUT2D eigenvalue weighted by Gasteiger charge is 2.29. The molecule has 22 heavy (non-hydrogen) atoms. The second-order valence-electron chi connectivity index (χ2n) is 5.41. The summed E-state index contributed by atoms with van der Waals surface area (Å²) in [7, 11) is 0. The molecule has 0 radical (unpaired) electrons. The lowest BCUT2D eigenvalue weighted by molar-refractivity contribution is 0.102. The fourth-order valence-electron chi connectivity index (χ4n) is 2.12. The molecule has 1 aliphatic rings. The maximum absolute atomic E-state index is 12.0. The van der Waals surface area contributed by atoms with E-state index >= 15 is 0 Å². The molecule has 1 aliphatic carbocycles. The number of aliphatic hydroxyl groups is 1. The summed E-state index contributed by atoms with van der Waals surface area (Å²) in [5, 5.41) is 23.4. The Morgan fingerprint density at radius 2 is 1.95 bits per heavy atom. The number of benzene rings is 1. The second-order valence-corrected chi connectivity index (χ2v) is 5.41. The number of carbonyl (C=O) groups is 1. The predicted molar refractivity (Wildman–Crippen MR) is 83.6 cm³/mol.